The molecule has 19 heavy (non-hydrogen) atoms. The second kappa shape index (κ2) is 6.82. The van der Waals surface area contributed by atoms with Crippen molar-refractivity contribution in [2.75, 3.05) is 38.6 Å². The fraction of sp³-hybridized carbons (Fsp3) is 0.714. The van der Waals surface area contributed by atoms with Crippen molar-refractivity contribution in [3.8, 4) is 0 Å². The van der Waals surface area contributed by atoms with Crippen LogP contribution in [0.15, 0.2) is 12.4 Å². The summed E-state index contributed by atoms with van der Waals surface area (Å²) in [6.07, 6.45) is 6.35. The molecule has 5 heteroatoms. The van der Waals surface area contributed by atoms with Crippen LogP contribution in [0.25, 0.3) is 0 Å². The van der Waals surface area contributed by atoms with Gasteiger partial charge in [0.1, 0.15) is 0 Å². The highest BCUT2D eigenvalue weighted by Crippen LogP contribution is 2.22. The van der Waals surface area contributed by atoms with E-state index in [0.717, 1.165) is 37.7 Å². The summed E-state index contributed by atoms with van der Waals surface area (Å²) in [4.78, 5) is 13.6. The Labute approximate surface area is 116 Å². The van der Waals surface area contributed by atoms with E-state index in [0.29, 0.717) is 6.04 Å². The van der Waals surface area contributed by atoms with E-state index in [1.54, 1.807) is 0 Å². The topological polar surface area (TPSA) is 44.3 Å². The molecule has 1 N–H and O–H groups in total. The van der Waals surface area contributed by atoms with Gasteiger partial charge in [0.15, 0.2) is 0 Å². The van der Waals surface area contributed by atoms with E-state index in [1.807, 2.05) is 12.4 Å². The van der Waals surface area contributed by atoms with Gasteiger partial charge in [0.2, 0.25) is 5.95 Å². The van der Waals surface area contributed by atoms with Crippen molar-refractivity contribution in [3.05, 3.63) is 18.0 Å². The van der Waals surface area contributed by atoms with Gasteiger partial charge < -0.3 is 15.1 Å². The van der Waals surface area contributed by atoms with E-state index in [2.05, 4.69) is 46.1 Å². The van der Waals surface area contributed by atoms with E-state index >= 15 is 0 Å². The molecule has 0 bridgehead atoms. The Kier molecular flexibility index (Phi) is 5.10. The van der Waals surface area contributed by atoms with Crippen LogP contribution < -0.4 is 10.2 Å². The summed E-state index contributed by atoms with van der Waals surface area (Å²) in [7, 11) is 4.24. The molecule has 5 nitrogen and oxygen atoms in total. The minimum atomic E-state index is 0.551. The van der Waals surface area contributed by atoms with Crippen LogP contribution in [0.2, 0.25) is 0 Å². The number of anilines is 1. The van der Waals surface area contributed by atoms with Gasteiger partial charge in [0, 0.05) is 43.6 Å². The van der Waals surface area contributed by atoms with Gasteiger partial charge in [-0.1, -0.05) is 6.92 Å². The zero-order valence-electron chi connectivity index (χ0n) is 12.3. The highest BCUT2D eigenvalue weighted by Gasteiger charge is 2.26. The van der Waals surface area contributed by atoms with Gasteiger partial charge in [-0.25, -0.2) is 9.97 Å². The Hall–Kier alpha value is -1.20. The largest absolute Gasteiger partial charge is 0.337 e. The van der Waals surface area contributed by atoms with Crippen LogP contribution in [0, 0.1) is 0 Å². The molecule has 0 saturated carbocycles. The van der Waals surface area contributed by atoms with Gasteiger partial charge >= 0.3 is 0 Å². The Bertz CT molecular complexity index is 376. The number of hydrogen-bond acceptors (Lipinski definition) is 5. The number of nitrogens with one attached hydrogen (secondary N) is 1. The van der Waals surface area contributed by atoms with Crippen molar-refractivity contribution in [1.82, 2.24) is 20.2 Å². The second-order valence-corrected chi connectivity index (χ2v) is 5.42. The standard InChI is InChI=1S/C14H25N5/c1-4-15-8-12-9-16-14(17-10-12)19-7-5-6-13(19)11-18(2)3/h9-10,13,15H,4-8,11H2,1-3H3. The lowest BCUT2D eigenvalue weighted by Gasteiger charge is -2.27. The Morgan fingerprint density at radius 1 is 1.37 bits per heavy atom. The molecule has 0 radical (unpaired) electrons. The average molecular weight is 263 g/mol. The monoisotopic (exact) mass is 263 g/mol. The van der Waals surface area contributed by atoms with Crippen LogP contribution in [-0.2, 0) is 6.54 Å². The van der Waals surface area contributed by atoms with Crippen molar-refractivity contribution >= 4 is 5.95 Å². The van der Waals surface area contributed by atoms with E-state index in [9.17, 15) is 0 Å². The van der Waals surface area contributed by atoms with Gasteiger partial charge in [-0.05, 0) is 33.5 Å². The summed E-state index contributed by atoms with van der Waals surface area (Å²) >= 11 is 0. The van der Waals surface area contributed by atoms with E-state index in [4.69, 9.17) is 0 Å². The summed E-state index contributed by atoms with van der Waals surface area (Å²) < 4.78 is 0. The lowest BCUT2D eigenvalue weighted by Crippen LogP contribution is -2.38. The number of aromatic nitrogens is 2. The molecular weight excluding hydrogens is 238 g/mol. The number of rotatable bonds is 6. The Morgan fingerprint density at radius 3 is 2.74 bits per heavy atom. The molecular formula is C14H25N5. The van der Waals surface area contributed by atoms with Crippen LogP contribution in [0.4, 0.5) is 5.95 Å². The fourth-order valence-corrected chi connectivity index (χ4v) is 2.57. The first-order chi connectivity index (χ1) is 9.20. The molecule has 1 atom stereocenters. The molecule has 1 aliphatic rings. The first kappa shape index (κ1) is 14.2. The lowest BCUT2D eigenvalue weighted by molar-refractivity contribution is 0.371. The van der Waals surface area contributed by atoms with E-state index in [1.165, 1.54) is 12.8 Å². The summed E-state index contributed by atoms with van der Waals surface area (Å²) in [5.41, 5.74) is 1.15. The summed E-state index contributed by atoms with van der Waals surface area (Å²) in [5.74, 6) is 0.879. The van der Waals surface area contributed by atoms with E-state index < -0.39 is 0 Å². The second-order valence-electron chi connectivity index (χ2n) is 5.42. The highest BCUT2D eigenvalue weighted by molar-refractivity contribution is 5.33. The molecule has 0 amide bonds. The van der Waals surface area contributed by atoms with Gasteiger partial charge in [-0.3, -0.25) is 0 Å². The zero-order chi connectivity index (χ0) is 13.7. The van der Waals surface area contributed by atoms with E-state index in [-0.39, 0.29) is 0 Å². The zero-order valence-corrected chi connectivity index (χ0v) is 12.3. The molecule has 1 aliphatic heterocycles. The van der Waals surface area contributed by atoms with Crippen LogP contribution in [-0.4, -0.2) is 54.6 Å². The lowest BCUT2D eigenvalue weighted by atomic mass is 10.2. The molecule has 0 aromatic carbocycles. The predicted molar refractivity (Wildman–Crippen MR) is 78.3 cm³/mol. The first-order valence-electron chi connectivity index (χ1n) is 7.13. The maximum atomic E-state index is 4.53. The normalized spacial score (nSPS) is 19.4. The van der Waals surface area contributed by atoms with Crippen LogP contribution in [0.3, 0.4) is 0 Å². The molecule has 2 heterocycles. The molecule has 1 saturated heterocycles. The third kappa shape index (κ3) is 3.88. The molecule has 0 aliphatic carbocycles. The minimum Gasteiger partial charge on any atom is -0.337 e. The number of nitrogens with zero attached hydrogens (tertiary/aromatic N) is 4. The van der Waals surface area contributed by atoms with Crippen molar-refractivity contribution in [1.29, 1.82) is 0 Å². The molecule has 1 fully saturated rings. The average Bonchev–Trinajstić information content (AvgIpc) is 2.84. The summed E-state index contributed by atoms with van der Waals surface area (Å²) in [6.45, 7) is 6.07. The predicted octanol–water partition coefficient (Wildman–Crippen LogP) is 1.12. The van der Waals surface area contributed by atoms with Crippen molar-refractivity contribution in [2.45, 2.75) is 32.4 Å². The first-order valence-corrected chi connectivity index (χ1v) is 7.13. The maximum absolute atomic E-state index is 4.53. The minimum absolute atomic E-state index is 0.551. The van der Waals surface area contributed by atoms with Crippen molar-refractivity contribution < 1.29 is 0 Å². The quantitative estimate of drug-likeness (QED) is 0.833. The van der Waals surface area contributed by atoms with Crippen LogP contribution in [0.1, 0.15) is 25.3 Å². The van der Waals surface area contributed by atoms with Gasteiger partial charge in [0.05, 0.1) is 0 Å². The van der Waals surface area contributed by atoms with Crippen molar-refractivity contribution in [2.24, 2.45) is 0 Å². The third-order valence-electron chi connectivity index (χ3n) is 3.48. The van der Waals surface area contributed by atoms with Gasteiger partial charge in [-0.15, -0.1) is 0 Å². The molecule has 1 aromatic heterocycles. The molecule has 2 rings (SSSR count). The molecule has 0 spiro atoms. The summed E-state index contributed by atoms with van der Waals surface area (Å²) in [6, 6.07) is 0.551. The number of hydrogen-bond donors (Lipinski definition) is 1. The smallest absolute Gasteiger partial charge is 0.225 e. The fourth-order valence-electron chi connectivity index (χ4n) is 2.57. The van der Waals surface area contributed by atoms with Crippen LogP contribution in [0.5, 0.6) is 0 Å². The van der Waals surface area contributed by atoms with Crippen LogP contribution >= 0.6 is 0 Å². The molecule has 1 unspecified atom stereocenters. The maximum Gasteiger partial charge on any atom is 0.225 e. The van der Waals surface area contributed by atoms with Gasteiger partial charge in [0.25, 0.3) is 0 Å². The molecule has 106 valence electrons. The van der Waals surface area contributed by atoms with Gasteiger partial charge in [-0.2, -0.15) is 0 Å². The summed E-state index contributed by atoms with van der Waals surface area (Å²) in [5, 5.41) is 3.29. The SMILES string of the molecule is CCNCc1cnc(N2CCCC2CN(C)C)nc1. The third-order valence-corrected chi connectivity index (χ3v) is 3.48. The Balaban J connectivity index is 2.00. The molecule has 1 aromatic rings. The number of likely N-dealkylation sites (N-methyl/N-ethyl adjacent to an activating group) is 1. The van der Waals surface area contributed by atoms with Crippen molar-refractivity contribution in [3.63, 3.8) is 0 Å². The Morgan fingerprint density at radius 2 is 2.11 bits per heavy atom. The highest BCUT2D eigenvalue weighted by atomic mass is 15.3.